The second-order valence-electron chi connectivity index (χ2n) is 4.86. The molecule has 1 rings (SSSR count). The van der Waals surface area contributed by atoms with Crippen LogP contribution >= 0.6 is 11.6 Å². The Hall–Kier alpha value is -1.55. The van der Waals surface area contributed by atoms with E-state index in [1.54, 1.807) is 24.8 Å². The smallest absolute Gasteiger partial charge is 0.307 e. The monoisotopic (exact) mass is 297 g/mol. The van der Waals surface area contributed by atoms with Crippen LogP contribution in [-0.4, -0.2) is 28.4 Å². The van der Waals surface area contributed by atoms with Gasteiger partial charge in [0.05, 0.1) is 5.92 Å². The van der Waals surface area contributed by atoms with Gasteiger partial charge in [0.2, 0.25) is 5.91 Å². The lowest BCUT2D eigenvalue weighted by molar-refractivity contribution is -0.149. The number of nitrogens with zero attached hydrogens (tertiary/aromatic N) is 1. The van der Waals surface area contributed by atoms with E-state index in [1.807, 2.05) is 25.1 Å². The fourth-order valence-corrected chi connectivity index (χ4v) is 2.09. The second kappa shape index (κ2) is 7.29. The molecule has 1 N–H and O–H groups in total. The molecule has 0 aliphatic rings. The van der Waals surface area contributed by atoms with E-state index in [9.17, 15) is 9.59 Å². The zero-order valence-electron chi connectivity index (χ0n) is 12.0. The third kappa shape index (κ3) is 3.97. The van der Waals surface area contributed by atoms with E-state index in [0.717, 1.165) is 5.56 Å². The summed E-state index contributed by atoms with van der Waals surface area (Å²) in [6, 6.07) is 7.34. The van der Waals surface area contributed by atoms with Crippen LogP contribution in [0.2, 0.25) is 5.02 Å². The van der Waals surface area contributed by atoms with Gasteiger partial charge in [-0.15, -0.1) is 0 Å². The Morgan fingerprint density at radius 1 is 1.25 bits per heavy atom. The van der Waals surface area contributed by atoms with Crippen LogP contribution in [0.25, 0.3) is 0 Å². The molecule has 0 spiro atoms. The average molecular weight is 298 g/mol. The Kier molecular flexibility index (Phi) is 6.02. The quantitative estimate of drug-likeness (QED) is 0.878. The molecule has 0 fully saturated rings. The summed E-state index contributed by atoms with van der Waals surface area (Å²) in [5, 5.41) is 9.61. The molecule has 2 atom stereocenters. The van der Waals surface area contributed by atoms with E-state index in [1.165, 1.54) is 0 Å². The van der Waals surface area contributed by atoms with Crippen molar-refractivity contribution in [1.29, 1.82) is 0 Å². The molecule has 1 aromatic carbocycles. The summed E-state index contributed by atoms with van der Waals surface area (Å²) in [5.74, 6) is -2.39. The lowest BCUT2D eigenvalue weighted by Crippen LogP contribution is -2.38. The fraction of sp³-hybridized carbons (Fsp3) is 0.467. The zero-order chi connectivity index (χ0) is 15.3. The molecule has 0 aliphatic carbocycles. The molecule has 20 heavy (non-hydrogen) atoms. The number of benzene rings is 1. The topological polar surface area (TPSA) is 57.6 Å². The highest BCUT2D eigenvalue weighted by molar-refractivity contribution is 6.31. The van der Waals surface area contributed by atoms with Gasteiger partial charge in [-0.1, -0.05) is 43.6 Å². The molecule has 0 aliphatic heterocycles. The van der Waals surface area contributed by atoms with Crippen LogP contribution in [0, 0.1) is 11.8 Å². The molecular formula is C15H20ClNO3. The minimum absolute atomic E-state index is 0.165. The minimum Gasteiger partial charge on any atom is -0.481 e. The Morgan fingerprint density at radius 2 is 1.85 bits per heavy atom. The van der Waals surface area contributed by atoms with Gasteiger partial charge in [0.15, 0.2) is 0 Å². The van der Waals surface area contributed by atoms with Gasteiger partial charge in [0.1, 0.15) is 0 Å². The Labute approximate surface area is 124 Å². The maximum Gasteiger partial charge on any atom is 0.307 e. The summed E-state index contributed by atoms with van der Waals surface area (Å²) in [6.45, 7) is 5.98. The number of hydrogen-bond donors (Lipinski definition) is 1. The average Bonchev–Trinajstić information content (AvgIpc) is 2.44. The number of aliphatic carboxylic acids is 1. The summed E-state index contributed by atoms with van der Waals surface area (Å²) >= 11 is 6.09. The van der Waals surface area contributed by atoms with Crippen molar-refractivity contribution < 1.29 is 14.7 Å². The number of carbonyl (C=O) groups excluding carboxylic acids is 1. The lowest BCUT2D eigenvalue weighted by atomic mass is 9.94. The summed E-state index contributed by atoms with van der Waals surface area (Å²) < 4.78 is 0. The van der Waals surface area contributed by atoms with E-state index in [2.05, 4.69) is 0 Å². The van der Waals surface area contributed by atoms with Crippen LogP contribution in [0.1, 0.15) is 26.3 Å². The van der Waals surface area contributed by atoms with Gasteiger partial charge in [0.25, 0.3) is 0 Å². The van der Waals surface area contributed by atoms with Gasteiger partial charge < -0.3 is 10.0 Å². The van der Waals surface area contributed by atoms with Gasteiger partial charge in [-0.25, -0.2) is 0 Å². The van der Waals surface area contributed by atoms with Crippen molar-refractivity contribution in [3.05, 3.63) is 34.9 Å². The molecule has 0 saturated carbocycles. The van der Waals surface area contributed by atoms with E-state index in [0.29, 0.717) is 18.1 Å². The number of carbonyl (C=O) groups is 2. The summed E-state index contributed by atoms with van der Waals surface area (Å²) in [5.41, 5.74) is 0.861. The summed E-state index contributed by atoms with van der Waals surface area (Å²) in [4.78, 5) is 25.0. The molecule has 0 radical (unpaired) electrons. The number of rotatable bonds is 6. The number of carboxylic acids is 1. The van der Waals surface area contributed by atoms with Crippen LogP contribution in [0.3, 0.4) is 0 Å². The number of halogens is 1. The van der Waals surface area contributed by atoms with Crippen molar-refractivity contribution in [2.24, 2.45) is 11.8 Å². The van der Waals surface area contributed by atoms with Gasteiger partial charge in [-0.3, -0.25) is 9.59 Å². The third-order valence-corrected chi connectivity index (χ3v) is 3.91. The second-order valence-corrected chi connectivity index (χ2v) is 5.27. The van der Waals surface area contributed by atoms with E-state index >= 15 is 0 Å². The molecule has 4 nitrogen and oxygen atoms in total. The van der Waals surface area contributed by atoms with Crippen molar-refractivity contribution in [3.8, 4) is 0 Å². The Balaban J connectivity index is 2.83. The SMILES string of the molecule is CCN(Cc1ccccc1Cl)C(=O)C(C)C(C)C(=O)O. The number of hydrogen-bond acceptors (Lipinski definition) is 2. The van der Waals surface area contributed by atoms with Crippen LogP contribution in [0.5, 0.6) is 0 Å². The van der Waals surface area contributed by atoms with Crippen LogP contribution in [0.4, 0.5) is 0 Å². The molecular weight excluding hydrogens is 278 g/mol. The summed E-state index contributed by atoms with van der Waals surface area (Å²) in [7, 11) is 0. The largest absolute Gasteiger partial charge is 0.481 e. The van der Waals surface area contributed by atoms with Gasteiger partial charge in [-0.05, 0) is 18.6 Å². The Morgan fingerprint density at radius 3 is 2.35 bits per heavy atom. The first-order chi connectivity index (χ1) is 9.38. The first kappa shape index (κ1) is 16.5. The van der Waals surface area contributed by atoms with Crippen molar-refractivity contribution >= 4 is 23.5 Å². The Bertz CT molecular complexity index is 490. The molecule has 1 aromatic rings. The van der Waals surface area contributed by atoms with Gasteiger partial charge in [-0.2, -0.15) is 0 Å². The molecule has 0 bridgehead atoms. The van der Waals surface area contributed by atoms with Crippen LogP contribution < -0.4 is 0 Å². The number of carboxylic acid groups (broad SMARTS) is 1. The van der Waals surface area contributed by atoms with Crippen molar-refractivity contribution in [2.75, 3.05) is 6.54 Å². The highest BCUT2D eigenvalue weighted by Gasteiger charge is 2.29. The maximum atomic E-state index is 12.4. The van der Waals surface area contributed by atoms with Crippen molar-refractivity contribution in [1.82, 2.24) is 4.90 Å². The predicted octanol–water partition coefficient (Wildman–Crippen LogP) is 3.05. The maximum absolute atomic E-state index is 12.4. The molecule has 0 heterocycles. The van der Waals surface area contributed by atoms with Crippen molar-refractivity contribution in [3.63, 3.8) is 0 Å². The minimum atomic E-state index is -0.959. The highest BCUT2D eigenvalue weighted by atomic mass is 35.5. The van der Waals surface area contributed by atoms with E-state index in [-0.39, 0.29) is 5.91 Å². The van der Waals surface area contributed by atoms with Crippen molar-refractivity contribution in [2.45, 2.75) is 27.3 Å². The van der Waals surface area contributed by atoms with Crippen LogP contribution in [0.15, 0.2) is 24.3 Å². The van der Waals surface area contributed by atoms with E-state index in [4.69, 9.17) is 16.7 Å². The first-order valence-electron chi connectivity index (χ1n) is 6.63. The molecule has 1 amide bonds. The van der Waals surface area contributed by atoms with E-state index < -0.39 is 17.8 Å². The summed E-state index contributed by atoms with van der Waals surface area (Å²) in [6.07, 6.45) is 0. The molecule has 0 saturated heterocycles. The molecule has 110 valence electrons. The normalized spacial score (nSPS) is 13.6. The molecule has 2 unspecified atom stereocenters. The highest BCUT2D eigenvalue weighted by Crippen LogP contribution is 2.20. The zero-order valence-corrected chi connectivity index (χ0v) is 12.7. The lowest BCUT2D eigenvalue weighted by Gasteiger charge is -2.26. The van der Waals surface area contributed by atoms with Gasteiger partial charge in [0, 0.05) is 24.0 Å². The fourth-order valence-electron chi connectivity index (χ4n) is 1.89. The van der Waals surface area contributed by atoms with Gasteiger partial charge >= 0.3 is 5.97 Å². The van der Waals surface area contributed by atoms with Crippen LogP contribution in [-0.2, 0) is 16.1 Å². The predicted molar refractivity (Wildman–Crippen MR) is 78.5 cm³/mol. The molecule has 5 heteroatoms. The third-order valence-electron chi connectivity index (χ3n) is 3.54. The molecule has 0 aromatic heterocycles. The standard InChI is InChI=1S/C15H20ClNO3/c1-4-17(9-12-7-5-6-8-13(12)16)14(18)10(2)11(3)15(19)20/h5-8,10-11H,4,9H2,1-3H3,(H,19,20). The number of amides is 1. The first-order valence-corrected chi connectivity index (χ1v) is 7.01.